The predicted octanol–water partition coefficient (Wildman–Crippen LogP) is 14.9. The molecule has 62 heavy (non-hydrogen) atoms. The zero-order valence-electron chi connectivity index (χ0n) is 33.6. The lowest BCUT2D eigenvalue weighted by molar-refractivity contribution is 0.663. The SMILES string of the molecule is C1=C(c2cccc3oc4cc(-c5cccc(-n6c7ccccc7c7cc8ccccc8cc76)c5)c5ccccc5c4c23)NC(c2ccccc2)N=C1c1ccc2ccccc2c1. The standard InChI is InChI=1S/C58H37N3O/c1-2-15-37(16-3-1)58-59-50(42-29-28-36-14-4-5-17-38(36)30-42)35-51(60-58)47-25-13-27-54-57(47)56-46-24-9-8-22-44(46)48(34-55(56)62-54)41-20-12-21-43(31-41)61-52-26-11-10-23-45(52)49-32-39-18-6-7-19-40(39)33-53(49)61/h1-35,58,60H. The Bertz CT molecular complexity index is 3850. The molecule has 0 bridgehead atoms. The molecule has 0 radical (unpaired) electrons. The summed E-state index contributed by atoms with van der Waals surface area (Å²) in [5, 5.41) is 15.7. The molecule has 1 aliphatic rings. The highest BCUT2D eigenvalue weighted by Crippen LogP contribution is 2.44. The van der Waals surface area contributed by atoms with Crippen LogP contribution in [0, 0.1) is 0 Å². The van der Waals surface area contributed by atoms with Gasteiger partial charge >= 0.3 is 0 Å². The Morgan fingerprint density at radius 2 is 1.15 bits per heavy atom. The Hall–Kier alpha value is -8.21. The van der Waals surface area contributed by atoms with E-state index in [9.17, 15) is 0 Å². The van der Waals surface area contributed by atoms with E-state index in [4.69, 9.17) is 9.41 Å². The number of hydrogen-bond acceptors (Lipinski definition) is 3. The van der Waals surface area contributed by atoms with E-state index in [0.717, 1.165) is 72.2 Å². The van der Waals surface area contributed by atoms with Crippen LogP contribution >= 0.6 is 0 Å². The summed E-state index contributed by atoms with van der Waals surface area (Å²) in [5.41, 5.74) is 12.7. The number of benzene rings is 10. The molecule has 4 heteroatoms. The van der Waals surface area contributed by atoms with Crippen LogP contribution in [0.1, 0.15) is 22.9 Å². The highest BCUT2D eigenvalue weighted by atomic mass is 16.3. The molecule has 12 aromatic rings. The fourth-order valence-corrected chi connectivity index (χ4v) is 9.88. The molecule has 10 aromatic carbocycles. The number of aliphatic imine (C=N–C) groups is 1. The first-order chi connectivity index (χ1) is 30.7. The van der Waals surface area contributed by atoms with Crippen molar-refractivity contribution in [1.29, 1.82) is 0 Å². The van der Waals surface area contributed by atoms with Crippen molar-refractivity contribution in [3.63, 3.8) is 0 Å². The van der Waals surface area contributed by atoms with Crippen molar-refractivity contribution < 1.29 is 4.42 Å². The van der Waals surface area contributed by atoms with Crippen LogP contribution in [0.25, 0.3) is 98.6 Å². The fourth-order valence-electron chi connectivity index (χ4n) is 9.88. The van der Waals surface area contributed by atoms with E-state index in [2.05, 4.69) is 222 Å². The van der Waals surface area contributed by atoms with Crippen LogP contribution in [0.5, 0.6) is 0 Å². The number of hydrogen-bond donors (Lipinski definition) is 1. The Kier molecular flexibility index (Phi) is 7.63. The van der Waals surface area contributed by atoms with Gasteiger partial charge < -0.3 is 14.3 Å². The topological polar surface area (TPSA) is 42.5 Å². The van der Waals surface area contributed by atoms with Gasteiger partial charge in [-0.05, 0) is 104 Å². The molecule has 290 valence electrons. The molecule has 0 spiro atoms. The second-order valence-corrected chi connectivity index (χ2v) is 16.3. The van der Waals surface area contributed by atoms with Crippen LogP contribution in [0.2, 0.25) is 0 Å². The van der Waals surface area contributed by atoms with Crippen LogP contribution in [-0.2, 0) is 0 Å². The van der Waals surface area contributed by atoms with Crippen molar-refractivity contribution in [3.8, 4) is 16.8 Å². The monoisotopic (exact) mass is 791 g/mol. The number of aromatic nitrogens is 1. The summed E-state index contributed by atoms with van der Waals surface area (Å²) in [6, 6.07) is 74.0. The molecule has 3 heterocycles. The molecule has 4 nitrogen and oxygen atoms in total. The minimum atomic E-state index is -0.269. The predicted molar refractivity (Wildman–Crippen MR) is 259 cm³/mol. The Balaban J connectivity index is 0.991. The summed E-state index contributed by atoms with van der Waals surface area (Å²) >= 11 is 0. The maximum Gasteiger partial charge on any atom is 0.145 e. The van der Waals surface area contributed by atoms with Gasteiger partial charge in [-0.3, -0.25) is 4.99 Å². The second-order valence-electron chi connectivity index (χ2n) is 16.3. The molecule has 1 N–H and O–H groups in total. The lowest BCUT2D eigenvalue weighted by atomic mass is 9.92. The molecular weight excluding hydrogens is 755 g/mol. The molecule has 0 saturated heterocycles. The van der Waals surface area contributed by atoms with Gasteiger partial charge in [0.1, 0.15) is 17.3 Å². The lowest BCUT2D eigenvalue weighted by Gasteiger charge is -2.25. The van der Waals surface area contributed by atoms with Crippen molar-refractivity contribution in [2.45, 2.75) is 6.17 Å². The number of rotatable bonds is 5. The molecule has 1 aliphatic heterocycles. The van der Waals surface area contributed by atoms with Crippen LogP contribution in [-0.4, -0.2) is 10.3 Å². The Labute approximate surface area is 357 Å². The molecule has 1 atom stereocenters. The fraction of sp³-hybridized carbons (Fsp3) is 0.0172. The van der Waals surface area contributed by atoms with E-state index in [1.54, 1.807) is 0 Å². The van der Waals surface area contributed by atoms with E-state index in [1.165, 1.54) is 48.7 Å². The first-order valence-corrected chi connectivity index (χ1v) is 21.2. The first-order valence-electron chi connectivity index (χ1n) is 21.2. The van der Waals surface area contributed by atoms with Crippen LogP contribution in [0.4, 0.5) is 0 Å². The summed E-state index contributed by atoms with van der Waals surface area (Å²) in [5.74, 6) is 0. The third kappa shape index (κ3) is 5.43. The maximum absolute atomic E-state index is 6.89. The van der Waals surface area contributed by atoms with Crippen LogP contribution < -0.4 is 5.32 Å². The smallest absolute Gasteiger partial charge is 0.145 e. The molecule has 0 fully saturated rings. The van der Waals surface area contributed by atoms with Crippen molar-refractivity contribution >= 4 is 87.5 Å². The molecule has 2 aromatic heterocycles. The zero-order chi connectivity index (χ0) is 40.7. The van der Waals surface area contributed by atoms with Gasteiger partial charge in [0.2, 0.25) is 0 Å². The van der Waals surface area contributed by atoms with E-state index in [1.807, 2.05) is 0 Å². The summed E-state index contributed by atoms with van der Waals surface area (Å²) in [7, 11) is 0. The largest absolute Gasteiger partial charge is 0.456 e. The third-order valence-corrected chi connectivity index (χ3v) is 12.8. The summed E-state index contributed by atoms with van der Waals surface area (Å²) in [6.07, 6.45) is 1.94. The average Bonchev–Trinajstić information content (AvgIpc) is 3.88. The third-order valence-electron chi connectivity index (χ3n) is 12.8. The zero-order valence-corrected chi connectivity index (χ0v) is 33.6. The van der Waals surface area contributed by atoms with Gasteiger partial charge in [0.25, 0.3) is 0 Å². The first kappa shape index (κ1) is 34.6. The van der Waals surface area contributed by atoms with Crippen molar-refractivity contribution in [1.82, 2.24) is 9.88 Å². The number of para-hydroxylation sites is 1. The van der Waals surface area contributed by atoms with Gasteiger partial charge in [0.05, 0.1) is 16.7 Å². The highest BCUT2D eigenvalue weighted by Gasteiger charge is 2.24. The number of furan rings is 1. The minimum absolute atomic E-state index is 0.269. The lowest BCUT2D eigenvalue weighted by Crippen LogP contribution is -2.25. The summed E-state index contributed by atoms with van der Waals surface area (Å²) in [4.78, 5) is 5.31. The molecule has 0 saturated carbocycles. The van der Waals surface area contributed by atoms with Gasteiger partial charge in [0, 0.05) is 44.1 Å². The molecule has 0 amide bonds. The van der Waals surface area contributed by atoms with E-state index in [-0.39, 0.29) is 6.17 Å². The number of nitrogens with zero attached hydrogens (tertiary/aromatic N) is 2. The number of fused-ring (bicyclic) bond motifs is 10. The highest BCUT2D eigenvalue weighted by molar-refractivity contribution is 6.25. The van der Waals surface area contributed by atoms with Crippen molar-refractivity contribution in [3.05, 3.63) is 229 Å². The van der Waals surface area contributed by atoms with Crippen molar-refractivity contribution in [2.75, 3.05) is 0 Å². The van der Waals surface area contributed by atoms with E-state index < -0.39 is 0 Å². The van der Waals surface area contributed by atoms with Gasteiger partial charge in [-0.15, -0.1) is 0 Å². The van der Waals surface area contributed by atoms with E-state index >= 15 is 0 Å². The summed E-state index contributed by atoms with van der Waals surface area (Å²) in [6.45, 7) is 0. The second kappa shape index (κ2) is 13.7. The van der Waals surface area contributed by atoms with Gasteiger partial charge in [-0.1, -0.05) is 158 Å². The molecule has 13 rings (SSSR count). The molecular formula is C58H37N3O. The number of allylic oxidation sites excluding steroid dienone is 1. The van der Waals surface area contributed by atoms with Gasteiger partial charge in [0.15, 0.2) is 0 Å². The quantitative estimate of drug-likeness (QED) is 0.189. The number of nitrogens with one attached hydrogen (secondary N) is 1. The van der Waals surface area contributed by atoms with Crippen molar-refractivity contribution in [2.24, 2.45) is 4.99 Å². The maximum atomic E-state index is 6.89. The molecule has 1 unspecified atom stereocenters. The minimum Gasteiger partial charge on any atom is -0.456 e. The average molecular weight is 792 g/mol. The van der Waals surface area contributed by atoms with E-state index in [0.29, 0.717) is 0 Å². The Morgan fingerprint density at radius 3 is 2.00 bits per heavy atom. The Morgan fingerprint density at radius 1 is 0.435 bits per heavy atom. The molecule has 0 aliphatic carbocycles. The van der Waals surface area contributed by atoms with Crippen LogP contribution in [0.15, 0.2) is 222 Å². The summed E-state index contributed by atoms with van der Waals surface area (Å²) < 4.78 is 9.31. The van der Waals surface area contributed by atoms with Gasteiger partial charge in [-0.25, -0.2) is 0 Å². The normalized spacial score (nSPS) is 14.3. The van der Waals surface area contributed by atoms with Crippen LogP contribution in [0.3, 0.4) is 0 Å². The van der Waals surface area contributed by atoms with Gasteiger partial charge in [-0.2, -0.15) is 0 Å².